The van der Waals surface area contributed by atoms with Crippen LogP contribution >= 0.6 is 0 Å². The highest BCUT2D eigenvalue weighted by Gasteiger charge is 2.21. The second-order valence-electron chi connectivity index (χ2n) is 6.21. The molecule has 0 bridgehead atoms. The summed E-state index contributed by atoms with van der Waals surface area (Å²) in [4.78, 5) is 14.2. The molecular weight excluding hydrogens is 238 g/mol. The molecule has 1 heterocycles. The molecule has 0 aromatic carbocycles. The summed E-state index contributed by atoms with van der Waals surface area (Å²) in [5.74, 6) is 1.83. The first-order valence-electron chi connectivity index (χ1n) is 7.91. The van der Waals surface area contributed by atoms with E-state index < -0.39 is 0 Å². The normalized spacial score (nSPS) is 22.2. The highest BCUT2D eigenvalue weighted by atomic mass is 16.2. The molecule has 1 aliphatic heterocycles. The molecule has 1 aliphatic carbocycles. The van der Waals surface area contributed by atoms with Gasteiger partial charge < -0.3 is 10.6 Å². The van der Waals surface area contributed by atoms with Crippen molar-refractivity contribution in [1.29, 1.82) is 0 Å². The van der Waals surface area contributed by atoms with Gasteiger partial charge in [0.1, 0.15) is 0 Å². The molecule has 2 rings (SSSR count). The number of amides is 1. The van der Waals surface area contributed by atoms with Crippen LogP contribution in [0.4, 0.5) is 0 Å². The van der Waals surface area contributed by atoms with Gasteiger partial charge >= 0.3 is 0 Å². The summed E-state index contributed by atoms with van der Waals surface area (Å²) in [6, 6.07) is 0. The monoisotopic (exact) mass is 267 g/mol. The van der Waals surface area contributed by atoms with Gasteiger partial charge in [-0.15, -0.1) is 0 Å². The van der Waals surface area contributed by atoms with E-state index in [-0.39, 0.29) is 5.91 Å². The van der Waals surface area contributed by atoms with E-state index >= 15 is 0 Å². The zero-order valence-electron chi connectivity index (χ0n) is 12.3. The Hall–Kier alpha value is -0.610. The smallest absolute Gasteiger partial charge is 0.234 e. The third-order valence-corrected chi connectivity index (χ3v) is 4.69. The van der Waals surface area contributed by atoms with Gasteiger partial charge in [-0.05, 0) is 70.6 Å². The largest absolute Gasteiger partial charge is 0.355 e. The number of carbonyl (C=O) groups is 1. The summed E-state index contributed by atoms with van der Waals surface area (Å²) >= 11 is 0. The molecule has 0 atom stereocenters. The predicted octanol–water partition coefficient (Wildman–Crippen LogP) is 1.22. The molecule has 4 heteroatoms. The Morgan fingerprint density at radius 1 is 1.16 bits per heavy atom. The lowest BCUT2D eigenvalue weighted by Gasteiger charge is -2.32. The SMILES string of the molecule is CNCCC1CCN(CC(=O)NCC2CCC2)CC1. The van der Waals surface area contributed by atoms with Crippen molar-refractivity contribution in [1.82, 2.24) is 15.5 Å². The molecule has 4 nitrogen and oxygen atoms in total. The first kappa shape index (κ1) is 14.8. The minimum Gasteiger partial charge on any atom is -0.355 e. The van der Waals surface area contributed by atoms with Crippen molar-refractivity contribution in [2.75, 3.05) is 39.8 Å². The van der Waals surface area contributed by atoms with E-state index in [2.05, 4.69) is 15.5 Å². The molecule has 1 amide bonds. The lowest BCUT2D eigenvalue weighted by Crippen LogP contribution is -2.43. The summed E-state index contributed by atoms with van der Waals surface area (Å²) in [7, 11) is 2.02. The van der Waals surface area contributed by atoms with Gasteiger partial charge in [0, 0.05) is 6.54 Å². The fourth-order valence-electron chi connectivity index (χ4n) is 3.00. The number of rotatable bonds is 7. The van der Waals surface area contributed by atoms with Crippen LogP contribution in [0.1, 0.15) is 38.5 Å². The molecule has 19 heavy (non-hydrogen) atoms. The number of nitrogens with one attached hydrogen (secondary N) is 2. The van der Waals surface area contributed by atoms with Crippen LogP contribution in [0.2, 0.25) is 0 Å². The van der Waals surface area contributed by atoms with E-state index in [0.29, 0.717) is 6.54 Å². The van der Waals surface area contributed by atoms with Crippen molar-refractivity contribution >= 4 is 5.91 Å². The van der Waals surface area contributed by atoms with Crippen molar-refractivity contribution in [3.63, 3.8) is 0 Å². The minimum atomic E-state index is 0.223. The molecule has 110 valence electrons. The molecule has 0 aromatic heterocycles. The van der Waals surface area contributed by atoms with E-state index in [9.17, 15) is 4.79 Å². The quantitative estimate of drug-likeness (QED) is 0.729. The zero-order valence-corrected chi connectivity index (χ0v) is 12.3. The molecule has 2 fully saturated rings. The number of likely N-dealkylation sites (tertiary alicyclic amines) is 1. The number of hydrogen-bond donors (Lipinski definition) is 2. The van der Waals surface area contributed by atoms with Gasteiger partial charge in [-0.2, -0.15) is 0 Å². The standard InChI is InChI=1S/C15H29N3O/c1-16-8-5-13-6-9-18(10-7-13)12-15(19)17-11-14-3-2-4-14/h13-14,16H,2-12H2,1H3,(H,17,19). The number of piperidine rings is 1. The molecular formula is C15H29N3O. The van der Waals surface area contributed by atoms with E-state index in [1.165, 1.54) is 38.5 Å². The van der Waals surface area contributed by atoms with Crippen LogP contribution in [-0.2, 0) is 4.79 Å². The van der Waals surface area contributed by atoms with Crippen LogP contribution in [0.5, 0.6) is 0 Å². The third kappa shape index (κ3) is 5.11. The second kappa shape index (κ2) is 7.85. The van der Waals surface area contributed by atoms with Gasteiger partial charge in [-0.1, -0.05) is 6.42 Å². The van der Waals surface area contributed by atoms with E-state index in [4.69, 9.17) is 0 Å². The Balaban J connectivity index is 1.55. The fraction of sp³-hybridized carbons (Fsp3) is 0.933. The van der Waals surface area contributed by atoms with Gasteiger partial charge in [0.15, 0.2) is 0 Å². The van der Waals surface area contributed by atoms with Gasteiger partial charge in [0.05, 0.1) is 6.54 Å². The highest BCUT2D eigenvalue weighted by Crippen LogP contribution is 2.25. The summed E-state index contributed by atoms with van der Waals surface area (Å²) in [5.41, 5.74) is 0. The first-order chi connectivity index (χ1) is 9.28. The van der Waals surface area contributed by atoms with E-state index in [1.54, 1.807) is 0 Å². The van der Waals surface area contributed by atoms with Crippen molar-refractivity contribution < 1.29 is 4.79 Å². The van der Waals surface area contributed by atoms with Crippen molar-refractivity contribution in [2.24, 2.45) is 11.8 Å². The zero-order chi connectivity index (χ0) is 13.5. The van der Waals surface area contributed by atoms with Crippen LogP contribution in [-0.4, -0.2) is 50.6 Å². The molecule has 0 spiro atoms. The Labute approximate surface area is 117 Å². The summed E-state index contributed by atoms with van der Waals surface area (Å²) in [6.45, 7) is 4.80. The van der Waals surface area contributed by atoms with Crippen LogP contribution in [0, 0.1) is 11.8 Å². The maximum atomic E-state index is 11.8. The van der Waals surface area contributed by atoms with Crippen LogP contribution in [0.3, 0.4) is 0 Å². The number of nitrogens with zero attached hydrogens (tertiary/aromatic N) is 1. The second-order valence-corrected chi connectivity index (χ2v) is 6.21. The molecule has 0 aromatic rings. The molecule has 1 saturated carbocycles. The molecule has 2 aliphatic rings. The fourth-order valence-corrected chi connectivity index (χ4v) is 3.00. The molecule has 0 unspecified atom stereocenters. The Kier molecular flexibility index (Phi) is 6.11. The summed E-state index contributed by atoms with van der Waals surface area (Å²) < 4.78 is 0. The van der Waals surface area contributed by atoms with Crippen LogP contribution in [0.25, 0.3) is 0 Å². The minimum absolute atomic E-state index is 0.223. The summed E-state index contributed by atoms with van der Waals surface area (Å²) in [6.07, 6.45) is 7.72. The Bertz CT molecular complexity index is 271. The lowest BCUT2D eigenvalue weighted by molar-refractivity contribution is -0.122. The summed E-state index contributed by atoms with van der Waals surface area (Å²) in [5, 5.41) is 6.31. The lowest BCUT2D eigenvalue weighted by atomic mass is 9.85. The first-order valence-corrected chi connectivity index (χ1v) is 7.91. The maximum absolute atomic E-state index is 11.8. The van der Waals surface area contributed by atoms with Gasteiger partial charge in [0.25, 0.3) is 0 Å². The average molecular weight is 267 g/mol. The van der Waals surface area contributed by atoms with Crippen molar-refractivity contribution in [3.05, 3.63) is 0 Å². The Morgan fingerprint density at radius 2 is 1.89 bits per heavy atom. The molecule has 0 radical (unpaired) electrons. The maximum Gasteiger partial charge on any atom is 0.234 e. The van der Waals surface area contributed by atoms with Crippen molar-refractivity contribution in [3.8, 4) is 0 Å². The van der Waals surface area contributed by atoms with Gasteiger partial charge in [-0.25, -0.2) is 0 Å². The van der Waals surface area contributed by atoms with Crippen molar-refractivity contribution in [2.45, 2.75) is 38.5 Å². The highest BCUT2D eigenvalue weighted by molar-refractivity contribution is 5.78. The van der Waals surface area contributed by atoms with Crippen LogP contribution < -0.4 is 10.6 Å². The number of carbonyl (C=O) groups excluding carboxylic acids is 1. The average Bonchev–Trinajstić information content (AvgIpc) is 2.36. The molecule has 2 N–H and O–H groups in total. The third-order valence-electron chi connectivity index (χ3n) is 4.69. The predicted molar refractivity (Wildman–Crippen MR) is 78.1 cm³/mol. The van der Waals surface area contributed by atoms with E-state index in [0.717, 1.165) is 38.0 Å². The van der Waals surface area contributed by atoms with Gasteiger partial charge in [-0.3, -0.25) is 9.69 Å². The Morgan fingerprint density at radius 3 is 2.47 bits per heavy atom. The van der Waals surface area contributed by atoms with Gasteiger partial charge in [0.2, 0.25) is 5.91 Å². The van der Waals surface area contributed by atoms with Crippen LogP contribution in [0.15, 0.2) is 0 Å². The topological polar surface area (TPSA) is 44.4 Å². The van der Waals surface area contributed by atoms with E-state index in [1.807, 2.05) is 7.05 Å². The molecule has 1 saturated heterocycles. The number of hydrogen-bond acceptors (Lipinski definition) is 3.